The van der Waals surface area contributed by atoms with Gasteiger partial charge in [0.2, 0.25) is 0 Å². The summed E-state index contributed by atoms with van der Waals surface area (Å²) in [5.74, 6) is -0.235. The minimum absolute atomic E-state index is 0.235. The number of carbonyl (C=O) groups is 2. The van der Waals surface area contributed by atoms with Gasteiger partial charge in [0, 0.05) is 0 Å². The summed E-state index contributed by atoms with van der Waals surface area (Å²) in [7, 11) is 0. The standard InChI is InChI=1S/C12H13BrO3/c1-2-16-12(15)7-9-3-5-10(6-4-9)11(13)8-14/h3-6,8,11H,2,7H2,1H3. The van der Waals surface area contributed by atoms with Crippen molar-refractivity contribution >= 4 is 28.2 Å². The first-order valence-corrected chi connectivity index (χ1v) is 5.92. The first-order valence-electron chi connectivity index (χ1n) is 5.01. The molecule has 3 nitrogen and oxygen atoms in total. The number of carbonyl (C=O) groups excluding carboxylic acids is 2. The van der Waals surface area contributed by atoms with Crippen molar-refractivity contribution in [1.82, 2.24) is 0 Å². The van der Waals surface area contributed by atoms with E-state index in [9.17, 15) is 9.59 Å². The van der Waals surface area contributed by atoms with Gasteiger partial charge in [-0.15, -0.1) is 0 Å². The van der Waals surface area contributed by atoms with E-state index in [1.807, 2.05) is 24.3 Å². The van der Waals surface area contributed by atoms with Gasteiger partial charge in [0.15, 0.2) is 0 Å². The molecular formula is C12H13BrO3. The summed E-state index contributed by atoms with van der Waals surface area (Å²) in [4.78, 5) is 21.4. The van der Waals surface area contributed by atoms with Crippen LogP contribution in [-0.4, -0.2) is 18.9 Å². The molecule has 0 aliphatic heterocycles. The molecule has 0 aliphatic carbocycles. The van der Waals surface area contributed by atoms with Gasteiger partial charge in [-0.25, -0.2) is 0 Å². The molecule has 16 heavy (non-hydrogen) atoms. The van der Waals surface area contributed by atoms with Gasteiger partial charge in [0.1, 0.15) is 6.29 Å². The van der Waals surface area contributed by atoms with Crippen LogP contribution < -0.4 is 0 Å². The zero-order chi connectivity index (χ0) is 12.0. The van der Waals surface area contributed by atoms with E-state index in [1.165, 1.54) is 0 Å². The van der Waals surface area contributed by atoms with Crippen LogP contribution in [0.2, 0.25) is 0 Å². The second-order valence-corrected chi connectivity index (χ2v) is 4.25. The van der Waals surface area contributed by atoms with E-state index < -0.39 is 0 Å². The Bertz CT molecular complexity index is 359. The topological polar surface area (TPSA) is 43.4 Å². The van der Waals surface area contributed by atoms with Crippen LogP contribution in [0.4, 0.5) is 0 Å². The zero-order valence-electron chi connectivity index (χ0n) is 8.98. The predicted molar refractivity (Wildman–Crippen MR) is 64.5 cm³/mol. The number of hydrogen-bond acceptors (Lipinski definition) is 3. The van der Waals surface area contributed by atoms with Crippen molar-refractivity contribution in [2.45, 2.75) is 18.2 Å². The van der Waals surface area contributed by atoms with E-state index in [0.717, 1.165) is 17.4 Å². The highest BCUT2D eigenvalue weighted by molar-refractivity contribution is 9.09. The number of hydrogen-bond donors (Lipinski definition) is 0. The van der Waals surface area contributed by atoms with Crippen molar-refractivity contribution < 1.29 is 14.3 Å². The average Bonchev–Trinajstić information content (AvgIpc) is 2.29. The summed E-state index contributed by atoms with van der Waals surface area (Å²) >= 11 is 3.23. The van der Waals surface area contributed by atoms with E-state index in [4.69, 9.17) is 4.74 Å². The highest BCUT2D eigenvalue weighted by Crippen LogP contribution is 2.20. The third-order valence-corrected chi connectivity index (χ3v) is 2.82. The normalized spacial score (nSPS) is 11.9. The lowest BCUT2D eigenvalue weighted by Crippen LogP contribution is -2.07. The van der Waals surface area contributed by atoms with Crippen molar-refractivity contribution in [3.63, 3.8) is 0 Å². The molecular weight excluding hydrogens is 272 g/mol. The van der Waals surface area contributed by atoms with Crippen LogP contribution in [0.15, 0.2) is 24.3 Å². The fraction of sp³-hybridized carbons (Fsp3) is 0.333. The van der Waals surface area contributed by atoms with Gasteiger partial charge >= 0.3 is 5.97 Å². The highest BCUT2D eigenvalue weighted by Gasteiger charge is 2.07. The van der Waals surface area contributed by atoms with E-state index in [2.05, 4.69) is 15.9 Å². The molecule has 1 aromatic rings. The molecule has 0 amide bonds. The van der Waals surface area contributed by atoms with Crippen molar-refractivity contribution in [1.29, 1.82) is 0 Å². The van der Waals surface area contributed by atoms with Crippen molar-refractivity contribution in [2.24, 2.45) is 0 Å². The molecule has 0 saturated carbocycles. The molecule has 0 spiro atoms. The van der Waals surface area contributed by atoms with Gasteiger partial charge < -0.3 is 9.53 Å². The average molecular weight is 285 g/mol. The molecule has 0 fully saturated rings. The van der Waals surface area contributed by atoms with Crippen LogP contribution >= 0.6 is 15.9 Å². The molecule has 0 aliphatic rings. The quantitative estimate of drug-likeness (QED) is 0.474. The number of halogens is 1. The molecule has 1 atom stereocenters. The summed E-state index contributed by atoms with van der Waals surface area (Å²) in [6.45, 7) is 2.17. The molecule has 4 heteroatoms. The zero-order valence-corrected chi connectivity index (χ0v) is 10.6. The number of aldehydes is 1. The maximum Gasteiger partial charge on any atom is 0.310 e. The van der Waals surface area contributed by atoms with Gasteiger partial charge in [0.05, 0.1) is 17.9 Å². The van der Waals surface area contributed by atoms with Crippen LogP contribution in [0.1, 0.15) is 22.9 Å². The third kappa shape index (κ3) is 3.77. The number of rotatable bonds is 5. The summed E-state index contributed by atoms with van der Waals surface area (Å²) in [5.41, 5.74) is 1.76. The highest BCUT2D eigenvalue weighted by atomic mass is 79.9. The van der Waals surface area contributed by atoms with Crippen molar-refractivity contribution in [3.05, 3.63) is 35.4 Å². The predicted octanol–water partition coefficient (Wildman–Crippen LogP) is 2.43. The molecule has 1 rings (SSSR count). The second kappa shape index (κ2) is 6.43. The smallest absolute Gasteiger partial charge is 0.310 e. The van der Waals surface area contributed by atoms with Crippen LogP contribution in [-0.2, 0) is 20.7 Å². The Balaban J connectivity index is 2.64. The third-order valence-electron chi connectivity index (χ3n) is 2.07. The van der Waals surface area contributed by atoms with Crippen molar-refractivity contribution in [3.8, 4) is 0 Å². The minimum atomic E-state index is -0.288. The Hall–Kier alpha value is -1.16. The number of esters is 1. The first kappa shape index (κ1) is 12.9. The number of benzene rings is 1. The van der Waals surface area contributed by atoms with Gasteiger partial charge in [-0.05, 0) is 18.1 Å². The van der Waals surface area contributed by atoms with Gasteiger partial charge in [-0.2, -0.15) is 0 Å². The van der Waals surface area contributed by atoms with Crippen LogP contribution in [0.5, 0.6) is 0 Å². The molecule has 86 valence electrons. The second-order valence-electron chi connectivity index (χ2n) is 3.26. The lowest BCUT2D eigenvalue weighted by Gasteiger charge is -2.05. The number of ether oxygens (including phenoxy) is 1. The molecule has 1 unspecified atom stereocenters. The first-order chi connectivity index (χ1) is 7.67. The van der Waals surface area contributed by atoms with E-state index >= 15 is 0 Å². The van der Waals surface area contributed by atoms with Crippen LogP contribution in [0.3, 0.4) is 0 Å². The molecule has 0 N–H and O–H groups in total. The van der Waals surface area contributed by atoms with E-state index in [0.29, 0.717) is 6.61 Å². The molecule has 0 aromatic heterocycles. The Morgan fingerprint density at radius 3 is 2.56 bits per heavy atom. The largest absolute Gasteiger partial charge is 0.466 e. The van der Waals surface area contributed by atoms with Crippen molar-refractivity contribution in [2.75, 3.05) is 6.61 Å². The minimum Gasteiger partial charge on any atom is -0.466 e. The summed E-state index contributed by atoms with van der Waals surface area (Å²) in [6, 6.07) is 7.29. The molecule has 0 radical (unpaired) electrons. The Morgan fingerprint density at radius 1 is 1.44 bits per heavy atom. The molecule has 0 saturated heterocycles. The maximum absolute atomic E-state index is 11.2. The van der Waals surface area contributed by atoms with Gasteiger partial charge in [-0.3, -0.25) is 4.79 Å². The fourth-order valence-corrected chi connectivity index (χ4v) is 1.58. The molecule has 0 bridgehead atoms. The monoisotopic (exact) mass is 284 g/mol. The SMILES string of the molecule is CCOC(=O)Cc1ccc(C(Br)C=O)cc1. The Morgan fingerprint density at radius 2 is 2.06 bits per heavy atom. The fourth-order valence-electron chi connectivity index (χ4n) is 1.28. The lowest BCUT2D eigenvalue weighted by atomic mass is 10.1. The van der Waals surface area contributed by atoms with Gasteiger partial charge in [0.25, 0.3) is 0 Å². The lowest BCUT2D eigenvalue weighted by molar-refractivity contribution is -0.142. The van der Waals surface area contributed by atoms with Gasteiger partial charge in [-0.1, -0.05) is 40.2 Å². The van der Waals surface area contributed by atoms with E-state index in [1.54, 1.807) is 6.92 Å². The van der Waals surface area contributed by atoms with Crippen LogP contribution in [0, 0.1) is 0 Å². The number of alkyl halides is 1. The Kier molecular flexibility index (Phi) is 5.19. The maximum atomic E-state index is 11.2. The molecule has 0 heterocycles. The Labute approximate surface area is 103 Å². The van der Waals surface area contributed by atoms with Crippen LogP contribution in [0.25, 0.3) is 0 Å². The molecule has 1 aromatic carbocycles. The summed E-state index contributed by atoms with van der Waals surface area (Å²) in [5, 5.41) is 0. The van der Waals surface area contributed by atoms with E-state index in [-0.39, 0.29) is 17.2 Å². The summed E-state index contributed by atoms with van der Waals surface area (Å²) in [6.07, 6.45) is 1.09. The summed E-state index contributed by atoms with van der Waals surface area (Å²) < 4.78 is 4.84.